The largest absolute Gasteiger partial charge is 0.462 e. The van der Waals surface area contributed by atoms with Crippen molar-refractivity contribution in [3.63, 3.8) is 0 Å². The van der Waals surface area contributed by atoms with Crippen molar-refractivity contribution in [2.24, 2.45) is 0 Å². The normalized spacial score (nSPS) is 10.8. The highest BCUT2D eigenvalue weighted by atomic mass is 16.5. The smallest absolute Gasteiger partial charge is 0.338 e. The van der Waals surface area contributed by atoms with Crippen LogP contribution in [0.5, 0.6) is 0 Å². The predicted molar refractivity (Wildman–Crippen MR) is 109 cm³/mol. The summed E-state index contributed by atoms with van der Waals surface area (Å²) in [6, 6.07) is 6.63. The van der Waals surface area contributed by atoms with Crippen LogP contribution in [-0.2, 0) is 9.47 Å². The fourth-order valence-electron chi connectivity index (χ4n) is 3.03. The first-order chi connectivity index (χ1) is 13.1. The molecule has 0 atom stereocenters. The molecule has 0 radical (unpaired) electrons. The molecule has 1 rings (SSSR count). The van der Waals surface area contributed by atoms with E-state index in [1.165, 1.54) is 25.7 Å². The van der Waals surface area contributed by atoms with Gasteiger partial charge in [0, 0.05) is 0 Å². The van der Waals surface area contributed by atoms with Gasteiger partial charge in [0.05, 0.1) is 17.7 Å². The summed E-state index contributed by atoms with van der Waals surface area (Å²) in [6.07, 6.45) is 10.5. The number of esters is 2. The minimum absolute atomic E-state index is 0.0594. The van der Waals surface area contributed by atoms with Crippen molar-refractivity contribution in [2.75, 3.05) is 6.61 Å². The Labute approximate surface area is 164 Å². The van der Waals surface area contributed by atoms with E-state index in [1.807, 2.05) is 0 Å². The molecule has 0 amide bonds. The van der Waals surface area contributed by atoms with Crippen molar-refractivity contribution in [1.82, 2.24) is 0 Å². The zero-order valence-electron chi connectivity index (χ0n) is 17.3. The van der Waals surface area contributed by atoms with Gasteiger partial charge in [-0.05, 0) is 37.5 Å². The standard InChI is InChI=1S/C23H36O4/c1-4-7-8-9-10-11-17-26-22(24)19-15-12-16-20(18-19)23(25)27-21(13-5-2)14-6-3/h12,15-16,18,21H,4-11,13-14,17H2,1-3H3. The summed E-state index contributed by atoms with van der Waals surface area (Å²) in [5.41, 5.74) is 0.805. The van der Waals surface area contributed by atoms with Crippen LogP contribution >= 0.6 is 0 Å². The molecule has 0 N–H and O–H groups in total. The number of hydrogen-bond acceptors (Lipinski definition) is 4. The maximum absolute atomic E-state index is 12.4. The molecule has 0 aromatic heterocycles. The van der Waals surface area contributed by atoms with E-state index in [4.69, 9.17) is 9.47 Å². The molecule has 0 heterocycles. The highest BCUT2D eigenvalue weighted by Crippen LogP contribution is 2.15. The quantitative estimate of drug-likeness (QED) is 0.281. The van der Waals surface area contributed by atoms with Gasteiger partial charge in [-0.25, -0.2) is 9.59 Å². The summed E-state index contributed by atoms with van der Waals surface area (Å²) >= 11 is 0. The SMILES string of the molecule is CCCCCCCCOC(=O)c1cccc(C(=O)OC(CCC)CCC)c1. The first-order valence-electron chi connectivity index (χ1n) is 10.6. The molecule has 4 heteroatoms. The van der Waals surface area contributed by atoms with Crippen LogP contribution < -0.4 is 0 Å². The fourth-order valence-corrected chi connectivity index (χ4v) is 3.03. The van der Waals surface area contributed by atoms with Gasteiger partial charge in [0.1, 0.15) is 6.10 Å². The van der Waals surface area contributed by atoms with Crippen LogP contribution in [0.2, 0.25) is 0 Å². The molecule has 152 valence electrons. The predicted octanol–water partition coefficient (Wildman–Crippen LogP) is 6.33. The van der Waals surface area contributed by atoms with Crippen LogP contribution in [0.4, 0.5) is 0 Å². The molecule has 0 saturated carbocycles. The molecule has 4 nitrogen and oxygen atoms in total. The molecule has 1 aromatic carbocycles. The Morgan fingerprint density at radius 2 is 1.41 bits per heavy atom. The van der Waals surface area contributed by atoms with E-state index >= 15 is 0 Å². The second-order valence-electron chi connectivity index (χ2n) is 7.09. The summed E-state index contributed by atoms with van der Waals surface area (Å²) in [5, 5.41) is 0. The van der Waals surface area contributed by atoms with Gasteiger partial charge in [-0.1, -0.05) is 71.8 Å². The molecule has 1 aromatic rings. The highest BCUT2D eigenvalue weighted by molar-refractivity contribution is 5.95. The van der Waals surface area contributed by atoms with Gasteiger partial charge in [-0.15, -0.1) is 0 Å². The van der Waals surface area contributed by atoms with Crippen LogP contribution in [0.1, 0.15) is 106 Å². The van der Waals surface area contributed by atoms with Gasteiger partial charge >= 0.3 is 11.9 Å². The third-order valence-corrected chi connectivity index (χ3v) is 4.56. The average molecular weight is 377 g/mol. The van der Waals surface area contributed by atoms with Crippen molar-refractivity contribution >= 4 is 11.9 Å². The van der Waals surface area contributed by atoms with Crippen LogP contribution in [0.15, 0.2) is 24.3 Å². The van der Waals surface area contributed by atoms with Gasteiger partial charge in [0.25, 0.3) is 0 Å². The van der Waals surface area contributed by atoms with Crippen LogP contribution in [0.3, 0.4) is 0 Å². The van der Waals surface area contributed by atoms with Crippen molar-refractivity contribution in [2.45, 2.75) is 91.1 Å². The average Bonchev–Trinajstić information content (AvgIpc) is 2.67. The number of rotatable bonds is 14. The number of carbonyl (C=O) groups is 2. The molecule has 0 aliphatic heterocycles. The minimum Gasteiger partial charge on any atom is -0.462 e. The van der Waals surface area contributed by atoms with Crippen molar-refractivity contribution in [3.8, 4) is 0 Å². The first-order valence-corrected chi connectivity index (χ1v) is 10.6. The molecule has 0 aliphatic rings. The molecular weight excluding hydrogens is 340 g/mol. The monoisotopic (exact) mass is 376 g/mol. The van der Waals surface area contributed by atoms with E-state index in [0.29, 0.717) is 17.7 Å². The Morgan fingerprint density at radius 1 is 0.815 bits per heavy atom. The van der Waals surface area contributed by atoms with E-state index in [9.17, 15) is 9.59 Å². The maximum Gasteiger partial charge on any atom is 0.338 e. The fraction of sp³-hybridized carbons (Fsp3) is 0.652. The molecule has 0 fully saturated rings. The Kier molecular flexibility index (Phi) is 12.2. The zero-order valence-corrected chi connectivity index (χ0v) is 17.3. The molecule has 27 heavy (non-hydrogen) atoms. The summed E-state index contributed by atoms with van der Waals surface area (Å²) in [7, 11) is 0. The van der Waals surface area contributed by atoms with Gasteiger partial charge in [-0.2, -0.15) is 0 Å². The second-order valence-corrected chi connectivity index (χ2v) is 7.09. The van der Waals surface area contributed by atoms with Crippen molar-refractivity contribution in [1.29, 1.82) is 0 Å². The topological polar surface area (TPSA) is 52.6 Å². The first kappa shape index (κ1) is 23.2. The van der Waals surface area contributed by atoms with Gasteiger partial charge < -0.3 is 9.47 Å². The molecule has 0 spiro atoms. The number of unbranched alkanes of at least 4 members (excludes halogenated alkanes) is 5. The number of benzene rings is 1. The Bertz CT molecular complexity index is 547. The summed E-state index contributed by atoms with van der Waals surface area (Å²) in [4.78, 5) is 24.6. The highest BCUT2D eigenvalue weighted by Gasteiger charge is 2.16. The van der Waals surface area contributed by atoms with Crippen LogP contribution in [0.25, 0.3) is 0 Å². The van der Waals surface area contributed by atoms with Gasteiger partial charge in [0.15, 0.2) is 0 Å². The van der Waals surface area contributed by atoms with Crippen LogP contribution in [0, 0.1) is 0 Å². The van der Waals surface area contributed by atoms with E-state index < -0.39 is 0 Å². The Balaban J connectivity index is 2.49. The molecule has 0 saturated heterocycles. The minimum atomic E-state index is -0.378. The second kappa shape index (κ2) is 14.2. The van der Waals surface area contributed by atoms with Gasteiger partial charge in [-0.3, -0.25) is 0 Å². The zero-order chi connectivity index (χ0) is 19.9. The van der Waals surface area contributed by atoms with E-state index in [2.05, 4.69) is 20.8 Å². The number of carbonyl (C=O) groups excluding carboxylic acids is 2. The van der Waals surface area contributed by atoms with E-state index in [1.54, 1.807) is 24.3 Å². The molecule has 0 bridgehead atoms. The Hall–Kier alpha value is -1.84. The number of ether oxygens (including phenoxy) is 2. The summed E-state index contributed by atoms with van der Waals surface area (Å²) in [6.45, 7) is 6.78. The van der Waals surface area contributed by atoms with Crippen molar-refractivity contribution in [3.05, 3.63) is 35.4 Å². The lowest BCUT2D eigenvalue weighted by Gasteiger charge is -2.16. The summed E-state index contributed by atoms with van der Waals surface area (Å²) < 4.78 is 10.9. The van der Waals surface area contributed by atoms with Crippen molar-refractivity contribution < 1.29 is 19.1 Å². The lowest BCUT2D eigenvalue weighted by Crippen LogP contribution is -2.18. The van der Waals surface area contributed by atoms with E-state index in [0.717, 1.165) is 38.5 Å². The van der Waals surface area contributed by atoms with E-state index in [-0.39, 0.29) is 18.0 Å². The van der Waals surface area contributed by atoms with Crippen LogP contribution in [-0.4, -0.2) is 24.6 Å². The third-order valence-electron chi connectivity index (χ3n) is 4.56. The molecule has 0 aliphatic carbocycles. The molecular formula is C23H36O4. The molecule has 0 unspecified atom stereocenters. The lowest BCUT2D eigenvalue weighted by atomic mass is 10.1. The number of hydrogen-bond donors (Lipinski definition) is 0. The third kappa shape index (κ3) is 9.60. The Morgan fingerprint density at radius 3 is 2.04 bits per heavy atom. The maximum atomic E-state index is 12.4. The summed E-state index contributed by atoms with van der Waals surface area (Å²) in [5.74, 6) is -0.746. The lowest BCUT2D eigenvalue weighted by molar-refractivity contribution is 0.0258. The van der Waals surface area contributed by atoms with Gasteiger partial charge in [0.2, 0.25) is 0 Å².